The van der Waals surface area contributed by atoms with Crippen molar-refractivity contribution < 1.29 is 103 Å². The summed E-state index contributed by atoms with van der Waals surface area (Å²) >= 11 is 5.81. The lowest BCUT2D eigenvalue weighted by atomic mass is 10.0. The number of aliphatic hydroxyl groups excluding tert-OH is 6. The molecule has 16 N–H and O–H groups in total. The minimum absolute atomic E-state index is 0.00379. The number of rotatable bonds is 39. The molecule has 2 amide bonds. The number of hydrogen-bond acceptors (Lipinski definition) is 23. The van der Waals surface area contributed by atoms with Crippen molar-refractivity contribution >= 4 is 90.5 Å². The molecule has 0 unspecified atom stereocenters. The highest BCUT2D eigenvalue weighted by Crippen LogP contribution is 2.13. The van der Waals surface area contributed by atoms with Crippen LogP contribution in [0.4, 0.5) is 4.79 Å². The van der Waals surface area contributed by atoms with Crippen molar-refractivity contribution in [2.75, 3.05) is 67.1 Å². The number of ether oxygens (including phenoxy) is 3. The van der Waals surface area contributed by atoms with Gasteiger partial charge in [-0.3, -0.25) is 43.2 Å². The highest BCUT2D eigenvalue weighted by Gasteiger charge is 2.24. The van der Waals surface area contributed by atoms with Crippen LogP contribution in [-0.4, -0.2) is 218 Å². The van der Waals surface area contributed by atoms with Gasteiger partial charge in [-0.1, -0.05) is 219 Å². The van der Waals surface area contributed by atoms with E-state index in [0.717, 1.165) is 46.2 Å². The van der Waals surface area contributed by atoms with Crippen molar-refractivity contribution in [2.45, 2.75) is 156 Å². The number of halogens is 2. The molecule has 0 aliphatic rings. The number of carbonyl (C=O) groups excluding carboxylic acids is 8. The number of alkyl halides is 2. The number of hydrogen-bond donors (Lipinski definition) is 13. The topological polar surface area (TPSA) is 511 Å². The predicted octanol–water partition coefficient (Wildman–Crippen LogP) is 7.10. The molecule has 0 heterocycles. The molecule has 0 aliphatic carbocycles. The number of azide groups is 1. The highest BCUT2D eigenvalue weighted by atomic mass is 79.9. The fourth-order valence-corrected chi connectivity index (χ4v) is 8.95. The second-order valence-corrected chi connectivity index (χ2v) is 27.5. The number of nitrogens with zero attached hydrogens (tertiary/aromatic N) is 3. The van der Waals surface area contributed by atoms with E-state index in [2.05, 4.69) is 52.5 Å². The summed E-state index contributed by atoms with van der Waals surface area (Å²) in [6.07, 6.45) is 5.60. The van der Waals surface area contributed by atoms with Gasteiger partial charge in [-0.05, 0) is 98.2 Å². The van der Waals surface area contributed by atoms with Crippen LogP contribution in [0.5, 0.6) is 0 Å². The first-order valence-corrected chi connectivity index (χ1v) is 37.5. The first kappa shape index (κ1) is 105. The maximum atomic E-state index is 12.0. The van der Waals surface area contributed by atoms with Crippen molar-refractivity contribution in [3.63, 3.8) is 0 Å². The number of methoxy groups -OCH3 is 2. The summed E-state index contributed by atoms with van der Waals surface area (Å²) in [6.45, 7) is 4.97. The van der Waals surface area contributed by atoms with Crippen molar-refractivity contribution in [2.24, 2.45) is 22.3 Å². The number of carboxylic acids is 2. The Kier molecular flexibility index (Phi) is 61.3. The molecule has 112 heavy (non-hydrogen) atoms. The predicted molar refractivity (Wildman–Crippen MR) is 433 cm³/mol. The van der Waals surface area contributed by atoms with Crippen LogP contribution in [0.3, 0.4) is 0 Å². The quantitative estimate of drug-likeness (QED) is 0.00791. The number of aliphatic carboxylic acids is 2. The number of nitrogens with two attached hydrogens (primary N) is 3. The molecule has 0 bridgehead atoms. The molecule has 29 nitrogen and oxygen atoms in total. The first-order chi connectivity index (χ1) is 53.3. The van der Waals surface area contributed by atoms with Crippen LogP contribution in [0.15, 0.2) is 187 Å². The van der Waals surface area contributed by atoms with Crippen LogP contribution in [0, 0.1) is 0 Å². The smallest absolute Gasteiger partial charge is 0.408 e. The number of carbonyl (C=O) groups is 10. The molecule has 8 atom stereocenters. The molecule has 0 aromatic heterocycles. The van der Waals surface area contributed by atoms with Gasteiger partial charge in [-0.25, -0.2) is 4.79 Å². The largest absolute Gasteiger partial charge is 0.480 e. The SMILES string of the molecule is CC(C)(C)OC(=O)N[C@H](CO)C(=O)CCc1ccccc1.COC[C@@H](N)C(=O)CCc1ccccc1.COC[C@@H](NC(C)=O)C(=O)CCc1ccccc1.N[C@@H](CO)C(=O)O.N[C@H](CO)C(=O)CCc1ccccc1.O=C(CCc1ccccc1)[C@@H](Br)CO.O=C(O)[C@@H](Br)CO.[N-]=[N+]=N[C@H](CO)C(=O)CCc1ccccc1. The monoisotopic (exact) mass is 1690 g/mol. The summed E-state index contributed by atoms with van der Waals surface area (Å²) in [5.41, 5.74) is 30.0. The van der Waals surface area contributed by atoms with Crippen molar-refractivity contribution in [1.29, 1.82) is 0 Å². The lowest BCUT2D eigenvalue weighted by molar-refractivity contribution is -0.139. The number of benzene rings is 6. The Morgan fingerprint density at radius 2 is 0.723 bits per heavy atom. The number of carboxylic acid groups (broad SMARTS) is 2. The molecular weight excluding hydrogens is 1580 g/mol. The average molecular weight is 1690 g/mol. The van der Waals surface area contributed by atoms with E-state index in [9.17, 15) is 53.1 Å². The Morgan fingerprint density at radius 1 is 0.411 bits per heavy atom. The van der Waals surface area contributed by atoms with Crippen molar-refractivity contribution in [1.82, 2.24) is 10.6 Å². The molecule has 6 rings (SSSR count). The van der Waals surface area contributed by atoms with Crippen molar-refractivity contribution in [3.05, 3.63) is 226 Å². The minimum atomic E-state index is -1.18. The van der Waals surface area contributed by atoms with Gasteiger partial charge < -0.3 is 82.9 Å². The van der Waals surface area contributed by atoms with E-state index in [0.29, 0.717) is 58.0 Å². The van der Waals surface area contributed by atoms with Crippen LogP contribution >= 0.6 is 31.9 Å². The third-order valence-electron chi connectivity index (χ3n) is 14.9. The zero-order chi connectivity index (χ0) is 84.7. The van der Waals surface area contributed by atoms with E-state index in [1.54, 1.807) is 27.9 Å². The first-order valence-electron chi connectivity index (χ1n) is 35.6. The third-order valence-corrected chi connectivity index (χ3v) is 16.4. The number of amides is 2. The fourth-order valence-electron chi connectivity index (χ4n) is 8.72. The molecule has 6 aromatic rings. The summed E-state index contributed by atoms with van der Waals surface area (Å²) in [7, 11) is 3.06. The number of ketones is 6. The lowest BCUT2D eigenvalue weighted by Gasteiger charge is -2.22. The van der Waals surface area contributed by atoms with E-state index < -0.39 is 89.4 Å². The summed E-state index contributed by atoms with van der Waals surface area (Å²) in [5.74, 6) is -2.87. The number of aliphatic hydroxyl groups is 6. The van der Waals surface area contributed by atoms with Gasteiger partial charge in [0.05, 0.1) is 69.8 Å². The van der Waals surface area contributed by atoms with Gasteiger partial charge in [0.25, 0.3) is 0 Å². The number of alkyl carbamates (subject to hydrolysis) is 1. The zero-order valence-electron chi connectivity index (χ0n) is 64.3. The van der Waals surface area contributed by atoms with Gasteiger partial charge >= 0.3 is 18.0 Å². The van der Waals surface area contributed by atoms with Crippen LogP contribution in [-0.2, 0) is 95.9 Å². The average Bonchev–Trinajstić information content (AvgIpc) is 0.910. The van der Waals surface area contributed by atoms with Gasteiger partial charge in [0.1, 0.15) is 46.2 Å². The number of nitrogens with one attached hydrogen (secondary N) is 2. The minimum Gasteiger partial charge on any atom is -0.480 e. The molecule has 0 spiro atoms. The van der Waals surface area contributed by atoms with E-state index in [1.807, 2.05) is 182 Å². The lowest BCUT2D eigenvalue weighted by Crippen LogP contribution is -2.45. The third kappa shape index (κ3) is 55.3. The van der Waals surface area contributed by atoms with E-state index in [4.69, 9.17) is 72.7 Å². The Hall–Kier alpha value is -9.15. The maximum Gasteiger partial charge on any atom is 0.408 e. The standard InChI is InChI=1S/C16H23NO4.C14H19NO3.C12H17NO2.C11H13BrO2.C11H13N3O2.C11H15NO2.C3H5BrO3.C3H7NO3/c1-16(2,3)21-15(20)17-13(11-18)14(19)10-9-12-7-5-4-6-8-12;1-11(16)15-13(10-18-2)14(17)9-8-12-6-4-3-5-7-12;1-15-9-11(13)12(14)8-7-10-5-3-2-4-6-10;12-10(8-13)11(14)7-6-9-4-2-1-3-5-9;12-14-13-10(8-15)11(16)7-6-9-4-2-1-3-5-9;12-10(8-13)11(14)7-6-9-4-2-1-3-5-9;2*4-2(1-5)3(6)7/h4-8,13,18H,9-11H2,1-3H3,(H,17,20);3-7,13H,8-10H2,1-2H3,(H,15,16);2-6,11H,7-9,13H2,1H3;1-5,10,13H,6-8H2;1-5,10,15H,6-8H2;1-5,10,13H,6-8,12H2;2,5H,1H2,(H,6,7);2,5H,1,4H2,(H,6,7)/t2*13-;11-;3*10-;2*2-/m11101100/s1. The normalized spacial score (nSPS) is 12.4. The Bertz CT molecular complexity index is 3530. The highest BCUT2D eigenvalue weighted by molar-refractivity contribution is 9.10. The van der Waals surface area contributed by atoms with E-state index in [1.165, 1.54) is 14.0 Å². The van der Waals surface area contributed by atoms with E-state index in [-0.39, 0.29) is 79.9 Å². The second-order valence-electron chi connectivity index (χ2n) is 25.3. The molecule has 0 aliphatic heterocycles. The zero-order valence-corrected chi connectivity index (χ0v) is 67.5. The molecule has 0 radical (unpaired) electrons. The maximum absolute atomic E-state index is 12.0. The van der Waals surface area contributed by atoms with Gasteiger partial charge in [0, 0.05) is 64.6 Å². The van der Waals surface area contributed by atoms with E-state index >= 15 is 0 Å². The summed E-state index contributed by atoms with van der Waals surface area (Å²) in [5, 5.41) is 75.7. The second kappa shape index (κ2) is 65.4. The van der Waals surface area contributed by atoms with Crippen LogP contribution in [0.25, 0.3) is 10.4 Å². The Morgan fingerprint density at radius 3 is 0.973 bits per heavy atom. The summed E-state index contributed by atoms with van der Waals surface area (Å²) in [4.78, 5) is 113. The molecule has 6 aromatic carbocycles. The molecular formula is C81H112Br2N8O21. The van der Waals surface area contributed by atoms with Crippen LogP contribution < -0.4 is 27.8 Å². The van der Waals surface area contributed by atoms with Gasteiger partial charge in [-0.15, -0.1) is 0 Å². The van der Waals surface area contributed by atoms with Gasteiger partial charge in [0.15, 0.2) is 23.1 Å². The molecule has 0 fully saturated rings. The number of Topliss-reactive ketones (excluding diaryl/α,β-unsaturated/α-hetero) is 6. The van der Waals surface area contributed by atoms with Gasteiger partial charge in [0.2, 0.25) is 5.91 Å². The van der Waals surface area contributed by atoms with Crippen LogP contribution in [0.2, 0.25) is 0 Å². The van der Waals surface area contributed by atoms with Gasteiger partial charge in [-0.2, -0.15) is 0 Å². The molecule has 616 valence electrons. The fraction of sp³-hybridized carbons (Fsp3) is 0.432. The Labute approximate surface area is 671 Å². The molecule has 0 saturated carbocycles. The molecule has 31 heteroatoms. The van der Waals surface area contributed by atoms with Crippen LogP contribution in [0.1, 0.15) is 99.6 Å². The van der Waals surface area contributed by atoms with Crippen molar-refractivity contribution in [3.8, 4) is 0 Å². The summed E-state index contributed by atoms with van der Waals surface area (Å²) < 4.78 is 14.8. The summed E-state index contributed by atoms with van der Waals surface area (Å²) in [6, 6.07) is 53.7. The number of aryl methyl sites for hydroxylation is 6. The Balaban J connectivity index is 0. The molecule has 0 saturated heterocycles.